The molecule has 0 aliphatic rings. The molecule has 0 saturated heterocycles. The van der Waals surface area contributed by atoms with E-state index in [1.54, 1.807) is 36.4 Å². The maximum Gasteiger partial charge on any atom is 0.258 e. The Balaban J connectivity index is 1.26. The molecular weight excluding hydrogens is 994 g/mol. The van der Waals surface area contributed by atoms with Gasteiger partial charge in [0.05, 0.1) is 57.5 Å². The first kappa shape index (κ1) is 53.5. The predicted octanol–water partition coefficient (Wildman–Crippen LogP) is 11.9. The summed E-state index contributed by atoms with van der Waals surface area (Å²) in [4.78, 5) is 78.8. The highest BCUT2D eigenvalue weighted by molar-refractivity contribution is 6.35. The molecule has 360 valence electrons. The largest absolute Gasteiger partial charge is 0.494 e. The van der Waals surface area contributed by atoms with Crippen LogP contribution in [0.25, 0.3) is 0 Å². The number of benzene rings is 5. The van der Waals surface area contributed by atoms with Gasteiger partial charge >= 0.3 is 0 Å². The molecule has 2 atom stereocenters. The maximum absolute atomic E-state index is 13.5. The number of ether oxygens (including phenoxy) is 2. The number of ketones is 2. The molecule has 0 heterocycles. The molecular formula is C48H45Cl5N8O8. The molecule has 4 N–H and O–H groups in total. The van der Waals surface area contributed by atoms with Crippen LogP contribution in [-0.2, 0) is 37.4 Å². The zero-order chi connectivity index (χ0) is 50.2. The van der Waals surface area contributed by atoms with Crippen LogP contribution in [0.3, 0.4) is 0 Å². The molecule has 2 unspecified atom stereocenters. The SMILES string of the molecule is CCOc1ccc(NC(=O)c2cc(N=NC(C(C)=O)C(=O)Nc3ccc(NC(=O)C(N=Nc4ccc(Cl)c(C(=O)Nc5ccc(OCC)c(CCl)c5)c4)C(C)=O)c(CCCl)c3)ccc2Cl)cc1CCl. The van der Waals surface area contributed by atoms with Crippen molar-refractivity contribution in [1.29, 1.82) is 0 Å². The lowest BCUT2D eigenvalue weighted by atomic mass is 10.1. The van der Waals surface area contributed by atoms with Crippen LogP contribution in [0.5, 0.6) is 11.5 Å². The third kappa shape index (κ3) is 14.8. The molecule has 0 spiro atoms. The molecule has 16 nitrogen and oxygen atoms in total. The van der Waals surface area contributed by atoms with E-state index in [0.717, 1.165) is 0 Å². The Labute approximate surface area is 422 Å². The number of alkyl halides is 3. The molecule has 69 heavy (non-hydrogen) atoms. The number of amides is 4. The fraction of sp³-hybridized carbons (Fsp3) is 0.250. The van der Waals surface area contributed by atoms with E-state index in [-0.39, 0.29) is 68.0 Å². The third-order valence-electron chi connectivity index (χ3n) is 9.75. The number of nitrogens with one attached hydrogen (secondary N) is 4. The molecule has 0 aromatic heterocycles. The van der Waals surface area contributed by atoms with Gasteiger partial charge in [-0.2, -0.15) is 20.5 Å². The summed E-state index contributed by atoms with van der Waals surface area (Å²) in [5.41, 5.74) is 3.55. The fourth-order valence-corrected chi connectivity index (χ4v) is 7.44. The number of rotatable bonds is 22. The second-order valence-corrected chi connectivity index (χ2v) is 16.5. The number of halogens is 5. The van der Waals surface area contributed by atoms with Crippen molar-refractivity contribution in [1.82, 2.24) is 0 Å². The van der Waals surface area contributed by atoms with Gasteiger partial charge in [0.25, 0.3) is 23.6 Å². The van der Waals surface area contributed by atoms with Crippen LogP contribution in [0.4, 0.5) is 34.1 Å². The average molecular weight is 1040 g/mol. The first-order valence-corrected chi connectivity index (χ1v) is 23.4. The standard InChI is InChI=1S/C48H45Cl5N8O8/c1-5-68-41-15-10-32(20-29(41)24-50)54-45(64)36-22-34(7-12-38(36)52)58-60-43(26(3)62)47(66)56-31-9-14-40(28(19-31)17-18-49)57-48(67)44(27(4)63)61-59-35-8-13-39(53)37(23-35)46(65)55-33-11-16-42(69-6-2)30(21-33)25-51/h7-16,19-23,43-44H,5-6,17-18,24-25H2,1-4H3,(H,54,64)(H,55,65)(H,56,66)(H,57,67). The topological polar surface area (TPSA) is 218 Å². The molecule has 0 bridgehead atoms. The van der Waals surface area contributed by atoms with Gasteiger partial charge in [0.1, 0.15) is 11.5 Å². The van der Waals surface area contributed by atoms with Crippen molar-refractivity contribution >= 4 is 127 Å². The van der Waals surface area contributed by atoms with Crippen LogP contribution >= 0.6 is 58.0 Å². The lowest BCUT2D eigenvalue weighted by Gasteiger charge is -2.15. The Kier molecular flexibility index (Phi) is 20.0. The molecule has 0 aliphatic heterocycles. The van der Waals surface area contributed by atoms with E-state index in [2.05, 4.69) is 41.7 Å². The van der Waals surface area contributed by atoms with Gasteiger partial charge in [-0.1, -0.05) is 23.2 Å². The first-order chi connectivity index (χ1) is 33.1. The Morgan fingerprint density at radius 3 is 1.38 bits per heavy atom. The van der Waals surface area contributed by atoms with Gasteiger partial charge in [0.15, 0.2) is 11.6 Å². The smallest absolute Gasteiger partial charge is 0.258 e. The van der Waals surface area contributed by atoms with Gasteiger partial charge in [-0.3, -0.25) is 28.8 Å². The van der Waals surface area contributed by atoms with E-state index in [0.29, 0.717) is 52.8 Å². The lowest BCUT2D eigenvalue weighted by Crippen LogP contribution is -2.32. The number of carbonyl (C=O) groups excluding carboxylic acids is 6. The number of Topliss-reactive ketones (excluding diaryl/α,β-unsaturated/α-hetero) is 2. The summed E-state index contributed by atoms with van der Waals surface area (Å²) in [6, 6.07) is 19.8. The van der Waals surface area contributed by atoms with Crippen molar-refractivity contribution < 1.29 is 38.2 Å². The molecule has 5 aromatic rings. The second kappa shape index (κ2) is 25.8. The average Bonchev–Trinajstić information content (AvgIpc) is 3.31. The van der Waals surface area contributed by atoms with E-state index in [1.807, 2.05) is 13.8 Å². The van der Waals surface area contributed by atoms with Crippen LogP contribution in [0.2, 0.25) is 10.0 Å². The summed E-state index contributed by atoms with van der Waals surface area (Å²) in [5.74, 6) is -2.45. The molecule has 0 fully saturated rings. The highest BCUT2D eigenvalue weighted by atomic mass is 35.5. The molecule has 0 saturated carbocycles. The minimum Gasteiger partial charge on any atom is -0.494 e. The number of hydrogen-bond donors (Lipinski definition) is 4. The highest BCUT2D eigenvalue weighted by Crippen LogP contribution is 2.30. The van der Waals surface area contributed by atoms with Crippen LogP contribution in [-0.4, -0.2) is 66.4 Å². The number of aryl methyl sites for hydroxylation is 1. The van der Waals surface area contributed by atoms with E-state index in [9.17, 15) is 28.8 Å². The summed E-state index contributed by atoms with van der Waals surface area (Å²) < 4.78 is 11.1. The quantitative estimate of drug-likeness (QED) is 0.0296. The highest BCUT2D eigenvalue weighted by Gasteiger charge is 2.26. The van der Waals surface area contributed by atoms with Crippen molar-refractivity contribution in [3.05, 3.63) is 129 Å². The van der Waals surface area contributed by atoms with Crippen LogP contribution in [0.15, 0.2) is 111 Å². The monoisotopic (exact) mass is 1040 g/mol. The van der Waals surface area contributed by atoms with Crippen molar-refractivity contribution in [3.8, 4) is 11.5 Å². The zero-order valence-electron chi connectivity index (χ0n) is 37.5. The normalized spacial score (nSPS) is 12.0. The summed E-state index contributed by atoms with van der Waals surface area (Å²) in [6.07, 6.45) is 0.210. The van der Waals surface area contributed by atoms with Gasteiger partial charge in [0, 0.05) is 39.8 Å². The van der Waals surface area contributed by atoms with E-state index in [4.69, 9.17) is 67.5 Å². The zero-order valence-corrected chi connectivity index (χ0v) is 41.3. The van der Waals surface area contributed by atoms with Gasteiger partial charge in [-0.25, -0.2) is 0 Å². The molecule has 5 aromatic carbocycles. The molecule has 5 rings (SSSR count). The van der Waals surface area contributed by atoms with E-state index < -0.39 is 47.3 Å². The van der Waals surface area contributed by atoms with E-state index in [1.165, 1.54) is 68.4 Å². The number of nitrogens with zero attached hydrogens (tertiary/aromatic N) is 4. The lowest BCUT2D eigenvalue weighted by molar-refractivity contribution is -0.127. The van der Waals surface area contributed by atoms with Crippen LogP contribution in [0, 0.1) is 0 Å². The second-order valence-electron chi connectivity index (χ2n) is 14.8. The van der Waals surface area contributed by atoms with E-state index >= 15 is 0 Å². The molecule has 4 amide bonds. The van der Waals surface area contributed by atoms with Crippen molar-refractivity contribution in [3.63, 3.8) is 0 Å². The first-order valence-electron chi connectivity index (χ1n) is 21.1. The minimum absolute atomic E-state index is 0.0504. The summed E-state index contributed by atoms with van der Waals surface area (Å²) in [7, 11) is 0. The fourth-order valence-electron chi connectivity index (χ4n) is 6.41. The van der Waals surface area contributed by atoms with Gasteiger partial charge in [-0.15, -0.1) is 34.8 Å². The third-order valence-corrected chi connectivity index (χ3v) is 11.2. The summed E-state index contributed by atoms with van der Waals surface area (Å²) >= 11 is 31.0. The van der Waals surface area contributed by atoms with Gasteiger partial charge < -0.3 is 30.7 Å². The van der Waals surface area contributed by atoms with Crippen molar-refractivity contribution in [2.45, 2.75) is 58.0 Å². The molecule has 0 radical (unpaired) electrons. The molecule has 21 heteroatoms. The number of hydrogen-bond acceptors (Lipinski definition) is 12. The Hall–Kier alpha value is -6.43. The van der Waals surface area contributed by atoms with Crippen molar-refractivity contribution in [2.24, 2.45) is 20.5 Å². The van der Waals surface area contributed by atoms with Crippen LogP contribution < -0.4 is 30.7 Å². The Morgan fingerprint density at radius 1 is 0.536 bits per heavy atom. The Bertz CT molecular complexity index is 2810. The van der Waals surface area contributed by atoms with Crippen molar-refractivity contribution in [2.75, 3.05) is 40.4 Å². The maximum atomic E-state index is 13.5. The minimum atomic E-state index is -1.60. The number of anilines is 4. The summed E-state index contributed by atoms with van der Waals surface area (Å²) in [5, 5.41) is 27.2. The van der Waals surface area contributed by atoms with Gasteiger partial charge in [-0.05, 0) is 131 Å². The number of azo groups is 2. The van der Waals surface area contributed by atoms with Gasteiger partial charge in [0.2, 0.25) is 12.1 Å². The Morgan fingerprint density at radius 2 is 0.957 bits per heavy atom. The summed E-state index contributed by atoms with van der Waals surface area (Å²) in [6.45, 7) is 6.91. The molecule has 0 aliphatic carbocycles. The number of carbonyl (C=O) groups is 6. The predicted molar refractivity (Wildman–Crippen MR) is 269 cm³/mol. The van der Waals surface area contributed by atoms with Crippen LogP contribution in [0.1, 0.15) is 65.1 Å².